The van der Waals surface area contributed by atoms with Gasteiger partial charge in [0, 0.05) is 50.2 Å². The van der Waals surface area contributed by atoms with E-state index in [1.807, 2.05) is 12.1 Å². The van der Waals surface area contributed by atoms with Gasteiger partial charge in [0.05, 0.1) is 34.9 Å². The SMILES string of the molecule is CCc1cc(Nc2ncc(Br)c(Nc3ccc4c(c3P(C)(C)=O)OCCO4)n2)c(OC)cc1N1CCC(N2CC(F)(CO)C2)CC1. The molecule has 3 N–H and O–H groups in total. The Kier molecular flexibility index (Phi) is 9.40. The number of fused-ring (bicyclic) bond motifs is 1. The summed E-state index contributed by atoms with van der Waals surface area (Å²) in [7, 11) is -1.13. The summed E-state index contributed by atoms with van der Waals surface area (Å²) < 4.78 is 45.7. The number of benzene rings is 2. The van der Waals surface area contributed by atoms with E-state index in [-0.39, 0.29) is 0 Å². The molecule has 3 aromatic rings. The zero-order chi connectivity index (χ0) is 32.6. The van der Waals surface area contributed by atoms with Crippen LogP contribution >= 0.6 is 23.1 Å². The van der Waals surface area contributed by atoms with Gasteiger partial charge in [0.1, 0.15) is 31.9 Å². The monoisotopic (exact) mass is 718 g/mol. The molecule has 0 bridgehead atoms. The van der Waals surface area contributed by atoms with Crippen LogP contribution in [-0.2, 0) is 11.0 Å². The minimum atomic E-state index is -2.77. The molecule has 11 nitrogen and oxygen atoms in total. The molecular formula is C32H41BrFN6O5P. The zero-order valence-corrected chi connectivity index (χ0v) is 29.1. The van der Waals surface area contributed by atoms with Gasteiger partial charge in [-0.1, -0.05) is 6.92 Å². The lowest BCUT2D eigenvalue weighted by molar-refractivity contribution is -0.0896. The van der Waals surface area contributed by atoms with E-state index in [0.29, 0.717) is 76.8 Å². The van der Waals surface area contributed by atoms with Crippen molar-refractivity contribution in [2.45, 2.75) is 37.9 Å². The van der Waals surface area contributed by atoms with Crippen molar-refractivity contribution in [3.05, 3.63) is 40.5 Å². The van der Waals surface area contributed by atoms with Gasteiger partial charge in [0.15, 0.2) is 17.2 Å². The lowest BCUT2D eigenvalue weighted by atomic mass is 9.91. The van der Waals surface area contributed by atoms with E-state index >= 15 is 0 Å². The molecule has 0 amide bonds. The van der Waals surface area contributed by atoms with Gasteiger partial charge in [-0.25, -0.2) is 9.37 Å². The number of aliphatic hydroxyl groups excluding tert-OH is 1. The second kappa shape index (κ2) is 13.2. The fraction of sp³-hybridized carbons (Fsp3) is 0.500. The summed E-state index contributed by atoms with van der Waals surface area (Å²) in [4.78, 5) is 13.8. The molecule has 6 rings (SSSR count). The van der Waals surface area contributed by atoms with Crippen molar-refractivity contribution in [1.82, 2.24) is 14.9 Å². The summed E-state index contributed by atoms with van der Waals surface area (Å²) in [6.07, 6.45) is 4.35. The third-order valence-corrected chi connectivity index (χ3v) is 10.9. The van der Waals surface area contributed by atoms with Crippen LogP contribution in [0.1, 0.15) is 25.3 Å². The predicted octanol–water partition coefficient (Wildman–Crippen LogP) is 5.30. The number of methoxy groups -OCH3 is 1. The zero-order valence-electron chi connectivity index (χ0n) is 26.6. The van der Waals surface area contributed by atoms with Crippen molar-refractivity contribution in [1.29, 1.82) is 0 Å². The largest absolute Gasteiger partial charge is 0.494 e. The molecule has 14 heteroatoms. The van der Waals surface area contributed by atoms with E-state index < -0.39 is 19.4 Å². The molecule has 0 atom stereocenters. The van der Waals surface area contributed by atoms with Crippen LogP contribution in [0.3, 0.4) is 0 Å². The van der Waals surface area contributed by atoms with Crippen molar-refractivity contribution in [3.8, 4) is 17.2 Å². The molecule has 4 heterocycles. The standard InChI is InChI=1S/C32H41BrFN6O5P/c1-5-20-14-24(27(43-2)15-25(20)39-10-8-21(9-11-39)40-17-32(34,18-40)19-41)37-31-35-16-22(33)30(38-31)36-23-6-7-26-28(45-13-12-44-26)29(23)46(3,4)42/h6-7,14-16,21,41H,5,8-13,17-19H2,1-4H3,(H2,35,36,37,38). The number of anilines is 5. The topological polar surface area (TPSA) is 121 Å². The number of nitrogens with zero attached hydrogens (tertiary/aromatic N) is 4. The second-order valence-electron chi connectivity index (χ2n) is 12.4. The third-order valence-electron chi connectivity index (χ3n) is 8.82. The van der Waals surface area contributed by atoms with E-state index in [1.165, 1.54) is 0 Å². The van der Waals surface area contributed by atoms with Crippen LogP contribution in [0.5, 0.6) is 17.2 Å². The summed E-state index contributed by atoms with van der Waals surface area (Å²) in [6.45, 7) is 8.30. The van der Waals surface area contributed by atoms with Crippen molar-refractivity contribution >= 4 is 57.2 Å². The highest BCUT2D eigenvalue weighted by Crippen LogP contribution is 2.47. The highest BCUT2D eigenvalue weighted by Gasteiger charge is 2.46. The number of likely N-dealkylation sites (tertiary alicyclic amines) is 1. The van der Waals surface area contributed by atoms with E-state index in [0.717, 1.165) is 49.3 Å². The molecule has 1 aromatic heterocycles. The van der Waals surface area contributed by atoms with Gasteiger partial charge < -0.3 is 39.4 Å². The summed E-state index contributed by atoms with van der Waals surface area (Å²) in [5.41, 5.74) is 2.19. The molecule has 248 valence electrons. The highest BCUT2D eigenvalue weighted by atomic mass is 79.9. The number of rotatable bonds is 10. The Labute approximate surface area is 277 Å². The van der Waals surface area contributed by atoms with Crippen molar-refractivity contribution in [2.75, 3.05) is 82.0 Å². The molecule has 0 unspecified atom stereocenters. The molecule has 0 spiro atoms. The van der Waals surface area contributed by atoms with Crippen LogP contribution in [0.4, 0.5) is 33.2 Å². The highest BCUT2D eigenvalue weighted by molar-refractivity contribution is 9.10. The van der Waals surface area contributed by atoms with Gasteiger partial charge in [-0.2, -0.15) is 4.98 Å². The fourth-order valence-electron chi connectivity index (χ4n) is 6.47. The van der Waals surface area contributed by atoms with Gasteiger partial charge in [-0.05, 0) is 72.3 Å². The quantitative estimate of drug-likeness (QED) is 0.237. The minimum absolute atomic E-state index is 0.313. The molecule has 2 saturated heterocycles. The number of aryl methyl sites for hydroxylation is 1. The molecule has 3 aliphatic rings. The number of hydrogen-bond donors (Lipinski definition) is 3. The molecule has 2 fully saturated rings. The maximum absolute atomic E-state index is 14.3. The van der Waals surface area contributed by atoms with Crippen LogP contribution in [0.2, 0.25) is 0 Å². The van der Waals surface area contributed by atoms with E-state index in [9.17, 15) is 14.1 Å². The van der Waals surface area contributed by atoms with Crippen LogP contribution in [-0.4, -0.2) is 98.1 Å². The normalized spacial score (nSPS) is 18.2. The molecule has 0 aliphatic carbocycles. The van der Waals surface area contributed by atoms with Crippen LogP contribution < -0.4 is 35.0 Å². The minimum Gasteiger partial charge on any atom is -0.494 e. The summed E-state index contributed by atoms with van der Waals surface area (Å²) in [5.74, 6) is 2.59. The number of ether oxygens (including phenoxy) is 3. The smallest absolute Gasteiger partial charge is 0.229 e. The van der Waals surface area contributed by atoms with Crippen LogP contribution in [0, 0.1) is 0 Å². The number of piperidine rings is 1. The van der Waals surface area contributed by atoms with Gasteiger partial charge in [0.2, 0.25) is 5.95 Å². The number of hydrogen-bond acceptors (Lipinski definition) is 11. The lowest BCUT2D eigenvalue weighted by Crippen LogP contribution is -2.65. The first-order valence-electron chi connectivity index (χ1n) is 15.6. The Morgan fingerprint density at radius 1 is 1.15 bits per heavy atom. The first-order valence-corrected chi connectivity index (χ1v) is 19.0. The van der Waals surface area contributed by atoms with E-state index in [2.05, 4.69) is 60.4 Å². The van der Waals surface area contributed by atoms with E-state index in [4.69, 9.17) is 19.2 Å². The molecule has 3 aliphatic heterocycles. The number of aromatic nitrogens is 2. The number of aliphatic hydroxyl groups is 1. The second-order valence-corrected chi connectivity index (χ2v) is 16.4. The first-order chi connectivity index (χ1) is 22.0. The average molecular weight is 720 g/mol. The van der Waals surface area contributed by atoms with Crippen molar-refractivity contribution in [2.24, 2.45) is 0 Å². The first kappa shape index (κ1) is 32.8. The van der Waals surface area contributed by atoms with Crippen molar-refractivity contribution in [3.63, 3.8) is 0 Å². The maximum Gasteiger partial charge on any atom is 0.229 e. The Balaban J connectivity index is 1.21. The summed E-state index contributed by atoms with van der Waals surface area (Å²) >= 11 is 3.56. The molecular weight excluding hydrogens is 678 g/mol. The molecule has 0 saturated carbocycles. The number of halogens is 2. The molecule has 46 heavy (non-hydrogen) atoms. The average Bonchev–Trinajstić information content (AvgIpc) is 3.04. The summed E-state index contributed by atoms with van der Waals surface area (Å²) in [5, 5.41) is 16.5. The fourth-order valence-corrected chi connectivity index (χ4v) is 8.13. The molecule has 0 radical (unpaired) electrons. The number of nitrogens with one attached hydrogen (secondary N) is 2. The van der Waals surface area contributed by atoms with Crippen LogP contribution in [0.15, 0.2) is 34.9 Å². The Morgan fingerprint density at radius 2 is 1.89 bits per heavy atom. The third kappa shape index (κ3) is 6.65. The maximum atomic E-state index is 14.3. The van der Waals surface area contributed by atoms with E-state index in [1.54, 1.807) is 26.6 Å². The Bertz CT molecular complexity index is 1640. The Morgan fingerprint density at radius 3 is 2.57 bits per heavy atom. The van der Waals surface area contributed by atoms with Gasteiger partial charge >= 0.3 is 0 Å². The lowest BCUT2D eigenvalue weighted by Gasteiger charge is -2.50. The van der Waals surface area contributed by atoms with Gasteiger partial charge in [-0.15, -0.1) is 0 Å². The number of alkyl halides is 1. The summed E-state index contributed by atoms with van der Waals surface area (Å²) in [6, 6.07) is 8.10. The van der Waals surface area contributed by atoms with Gasteiger partial charge in [-0.3, -0.25) is 4.90 Å². The molecule has 2 aromatic carbocycles. The van der Waals surface area contributed by atoms with Crippen LogP contribution in [0.25, 0.3) is 0 Å². The van der Waals surface area contributed by atoms with Gasteiger partial charge in [0.25, 0.3) is 0 Å². The Hall–Kier alpha value is -3.12. The van der Waals surface area contributed by atoms with Crippen molar-refractivity contribution < 1.29 is 28.3 Å². The predicted molar refractivity (Wildman–Crippen MR) is 183 cm³/mol.